The number of carbonyl (C=O) groups is 1. The van der Waals surface area contributed by atoms with Crippen molar-refractivity contribution in [2.24, 2.45) is 0 Å². The molecule has 0 saturated heterocycles. The summed E-state index contributed by atoms with van der Waals surface area (Å²) in [5.41, 5.74) is 0.883. The topological polar surface area (TPSA) is 46.5 Å². The first-order chi connectivity index (χ1) is 7.15. The van der Waals surface area contributed by atoms with Gasteiger partial charge in [0.05, 0.1) is 0 Å². The van der Waals surface area contributed by atoms with E-state index in [4.69, 9.17) is 9.84 Å². The van der Waals surface area contributed by atoms with E-state index >= 15 is 0 Å². The average molecular weight is 206 g/mol. The Bertz CT molecular complexity index is 369. The van der Waals surface area contributed by atoms with Crippen molar-refractivity contribution in [3.8, 4) is 5.75 Å². The summed E-state index contributed by atoms with van der Waals surface area (Å²) < 4.78 is 5.31. The lowest BCUT2D eigenvalue weighted by Gasteiger charge is -2.12. The molecule has 0 heterocycles. The first-order valence-electron chi connectivity index (χ1n) is 4.76. The molecular formula is C12H14O3. The number of aliphatic carboxylic acids is 1. The van der Waals surface area contributed by atoms with E-state index in [9.17, 15) is 4.79 Å². The second-order valence-electron chi connectivity index (χ2n) is 3.14. The number of carboxylic acid groups (broad SMARTS) is 1. The summed E-state index contributed by atoms with van der Waals surface area (Å²) in [6.07, 6.45) is 2.92. The molecule has 0 aliphatic heterocycles. The van der Waals surface area contributed by atoms with E-state index < -0.39 is 12.1 Å². The number of carboxylic acids is 1. The molecule has 3 nitrogen and oxygen atoms in total. The largest absolute Gasteiger partial charge is 0.479 e. The fourth-order valence-corrected chi connectivity index (χ4v) is 1.15. The molecule has 1 rings (SSSR count). The van der Waals surface area contributed by atoms with Crippen LogP contribution in [0.1, 0.15) is 19.4 Å². The molecular weight excluding hydrogens is 192 g/mol. The van der Waals surface area contributed by atoms with E-state index in [0.717, 1.165) is 5.56 Å². The number of ether oxygens (including phenoxy) is 1. The summed E-state index contributed by atoms with van der Waals surface area (Å²) in [5.74, 6) is -0.379. The van der Waals surface area contributed by atoms with E-state index in [1.54, 1.807) is 6.07 Å². The van der Waals surface area contributed by atoms with Crippen molar-refractivity contribution in [3.05, 3.63) is 35.9 Å². The molecule has 0 amide bonds. The summed E-state index contributed by atoms with van der Waals surface area (Å²) in [6.45, 7) is 3.41. The average Bonchev–Trinajstić information content (AvgIpc) is 2.21. The normalized spacial score (nSPS) is 12.7. The molecule has 0 spiro atoms. The molecule has 1 aromatic rings. The zero-order valence-electron chi connectivity index (χ0n) is 8.81. The van der Waals surface area contributed by atoms with Crippen LogP contribution < -0.4 is 4.74 Å². The molecule has 0 saturated carbocycles. The van der Waals surface area contributed by atoms with Gasteiger partial charge in [-0.1, -0.05) is 30.4 Å². The highest BCUT2D eigenvalue weighted by atomic mass is 16.5. The van der Waals surface area contributed by atoms with Gasteiger partial charge in [-0.25, -0.2) is 4.79 Å². The predicted octanol–water partition coefficient (Wildman–Crippen LogP) is 2.57. The molecule has 0 bridgehead atoms. The molecule has 3 heteroatoms. The third-order valence-electron chi connectivity index (χ3n) is 1.92. The van der Waals surface area contributed by atoms with Gasteiger partial charge in [0.25, 0.3) is 0 Å². The third-order valence-corrected chi connectivity index (χ3v) is 1.92. The number of hydrogen-bond donors (Lipinski definition) is 1. The summed E-state index contributed by atoms with van der Waals surface area (Å²) in [4.78, 5) is 10.6. The standard InChI is InChI=1S/C12H14O3/c1-3-6-10-7-4-5-8-11(10)15-9(2)12(13)14/h3-9H,1-2H3,(H,13,14)/b6-3+. The maximum absolute atomic E-state index is 10.6. The second kappa shape index (κ2) is 5.20. The summed E-state index contributed by atoms with van der Waals surface area (Å²) in [6, 6.07) is 7.34. The molecule has 0 fully saturated rings. The van der Waals surface area contributed by atoms with E-state index in [1.165, 1.54) is 6.92 Å². The summed E-state index contributed by atoms with van der Waals surface area (Å²) in [7, 11) is 0. The molecule has 0 aromatic heterocycles. The molecule has 1 N–H and O–H groups in total. The van der Waals surface area contributed by atoms with Crippen molar-refractivity contribution in [3.63, 3.8) is 0 Å². The van der Waals surface area contributed by atoms with Gasteiger partial charge in [-0.3, -0.25) is 0 Å². The van der Waals surface area contributed by atoms with Gasteiger partial charge in [0, 0.05) is 5.56 Å². The van der Waals surface area contributed by atoms with Crippen LogP contribution in [0.15, 0.2) is 30.3 Å². The van der Waals surface area contributed by atoms with Crippen LogP contribution in [-0.2, 0) is 4.79 Å². The van der Waals surface area contributed by atoms with Crippen LogP contribution in [0.4, 0.5) is 0 Å². The van der Waals surface area contributed by atoms with Crippen LogP contribution in [0, 0.1) is 0 Å². The van der Waals surface area contributed by atoms with Gasteiger partial charge >= 0.3 is 5.97 Å². The van der Waals surface area contributed by atoms with Crippen LogP contribution in [0.2, 0.25) is 0 Å². The van der Waals surface area contributed by atoms with Gasteiger partial charge in [-0.15, -0.1) is 0 Å². The van der Waals surface area contributed by atoms with Crippen molar-refractivity contribution in [1.29, 1.82) is 0 Å². The molecule has 0 radical (unpaired) electrons. The minimum absolute atomic E-state index is 0.588. The summed E-state index contributed by atoms with van der Waals surface area (Å²) >= 11 is 0. The highest BCUT2D eigenvalue weighted by Gasteiger charge is 2.13. The Morgan fingerprint density at radius 2 is 2.13 bits per heavy atom. The lowest BCUT2D eigenvalue weighted by molar-refractivity contribution is -0.144. The number of allylic oxidation sites excluding steroid dienone is 1. The van der Waals surface area contributed by atoms with Gasteiger partial charge in [0.2, 0.25) is 0 Å². The number of para-hydroxylation sites is 1. The molecule has 0 aliphatic carbocycles. The Kier molecular flexibility index (Phi) is 3.92. The zero-order valence-corrected chi connectivity index (χ0v) is 8.81. The SMILES string of the molecule is C/C=C/c1ccccc1OC(C)C(=O)O. The van der Waals surface area contributed by atoms with E-state index in [0.29, 0.717) is 5.75 Å². The quantitative estimate of drug-likeness (QED) is 0.823. The highest BCUT2D eigenvalue weighted by molar-refractivity contribution is 5.72. The van der Waals surface area contributed by atoms with Crippen molar-refractivity contribution >= 4 is 12.0 Å². The fourth-order valence-electron chi connectivity index (χ4n) is 1.15. The minimum Gasteiger partial charge on any atom is -0.479 e. The maximum atomic E-state index is 10.6. The zero-order chi connectivity index (χ0) is 11.3. The molecule has 1 aromatic carbocycles. The van der Waals surface area contributed by atoms with Crippen LogP contribution in [0.3, 0.4) is 0 Å². The first-order valence-corrected chi connectivity index (χ1v) is 4.76. The van der Waals surface area contributed by atoms with Crippen LogP contribution in [0.5, 0.6) is 5.75 Å². The lowest BCUT2D eigenvalue weighted by atomic mass is 10.2. The number of rotatable bonds is 4. The van der Waals surface area contributed by atoms with E-state index in [1.807, 2.05) is 37.3 Å². The fraction of sp³-hybridized carbons (Fsp3) is 0.250. The Morgan fingerprint density at radius 3 is 2.73 bits per heavy atom. The molecule has 0 aliphatic rings. The van der Waals surface area contributed by atoms with Crippen molar-refractivity contribution in [1.82, 2.24) is 0 Å². The second-order valence-corrected chi connectivity index (χ2v) is 3.14. The Balaban J connectivity index is 2.88. The number of benzene rings is 1. The molecule has 15 heavy (non-hydrogen) atoms. The predicted molar refractivity (Wildman–Crippen MR) is 58.9 cm³/mol. The Labute approximate surface area is 89.0 Å². The molecule has 80 valence electrons. The third kappa shape index (κ3) is 3.13. The maximum Gasteiger partial charge on any atom is 0.344 e. The highest BCUT2D eigenvalue weighted by Crippen LogP contribution is 2.20. The van der Waals surface area contributed by atoms with Crippen LogP contribution >= 0.6 is 0 Å². The minimum atomic E-state index is -0.967. The summed E-state index contributed by atoms with van der Waals surface area (Å²) in [5, 5.41) is 8.72. The first kappa shape index (κ1) is 11.3. The Hall–Kier alpha value is -1.77. The van der Waals surface area contributed by atoms with Crippen LogP contribution in [0.25, 0.3) is 6.08 Å². The Morgan fingerprint density at radius 1 is 1.47 bits per heavy atom. The van der Waals surface area contributed by atoms with Gasteiger partial charge in [0.1, 0.15) is 5.75 Å². The molecule has 1 atom stereocenters. The van der Waals surface area contributed by atoms with Gasteiger partial charge in [-0.2, -0.15) is 0 Å². The smallest absolute Gasteiger partial charge is 0.344 e. The number of hydrogen-bond acceptors (Lipinski definition) is 2. The van der Waals surface area contributed by atoms with E-state index in [-0.39, 0.29) is 0 Å². The van der Waals surface area contributed by atoms with Crippen molar-refractivity contribution < 1.29 is 14.6 Å². The van der Waals surface area contributed by atoms with Gasteiger partial charge in [-0.05, 0) is 19.9 Å². The molecule has 1 unspecified atom stereocenters. The van der Waals surface area contributed by atoms with Crippen molar-refractivity contribution in [2.45, 2.75) is 20.0 Å². The monoisotopic (exact) mass is 206 g/mol. The van der Waals surface area contributed by atoms with E-state index in [2.05, 4.69) is 0 Å². The van der Waals surface area contributed by atoms with Crippen LogP contribution in [-0.4, -0.2) is 17.2 Å². The van der Waals surface area contributed by atoms with Crippen molar-refractivity contribution in [2.75, 3.05) is 0 Å². The lowest BCUT2D eigenvalue weighted by Crippen LogP contribution is -2.23. The van der Waals surface area contributed by atoms with Gasteiger partial charge < -0.3 is 9.84 Å². The van der Waals surface area contributed by atoms with Gasteiger partial charge in [0.15, 0.2) is 6.10 Å².